The van der Waals surface area contributed by atoms with E-state index in [0.717, 1.165) is 37.5 Å². The quantitative estimate of drug-likeness (QED) is 0.506. The largest absolute Gasteiger partial charge is 0.469 e. The second kappa shape index (κ2) is 10.0. The van der Waals surface area contributed by atoms with Crippen molar-refractivity contribution in [1.82, 2.24) is 0 Å². The van der Waals surface area contributed by atoms with Crippen molar-refractivity contribution in [2.75, 3.05) is 14.2 Å². The molecule has 4 heteroatoms. The molecule has 2 rings (SSSR count). The smallest absolute Gasteiger partial charge is 0.308 e. The number of esters is 2. The van der Waals surface area contributed by atoms with Crippen LogP contribution in [0.15, 0.2) is 0 Å². The highest BCUT2D eigenvalue weighted by Crippen LogP contribution is 2.35. The molecule has 138 valence electrons. The monoisotopic (exact) mass is 338 g/mol. The van der Waals surface area contributed by atoms with Crippen LogP contribution in [0, 0.1) is 23.7 Å². The van der Waals surface area contributed by atoms with E-state index in [9.17, 15) is 9.59 Å². The minimum absolute atomic E-state index is 0.0176. The molecule has 0 radical (unpaired) electrons. The van der Waals surface area contributed by atoms with E-state index in [1.54, 1.807) is 0 Å². The number of hydrogen-bond donors (Lipinski definition) is 0. The van der Waals surface area contributed by atoms with Crippen molar-refractivity contribution in [3.8, 4) is 0 Å². The van der Waals surface area contributed by atoms with Crippen molar-refractivity contribution in [2.24, 2.45) is 23.7 Å². The van der Waals surface area contributed by atoms with Gasteiger partial charge in [0, 0.05) is 0 Å². The van der Waals surface area contributed by atoms with Crippen molar-refractivity contribution in [2.45, 2.75) is 77.0 Å². The third kappa shape index (κ3) is 5.78. The van der Waals surface area contributed by atoms with Crippen molar-refractivity contribution < 1.29 is 19.1 Å². The van der Waals surface area contributed by atoms with E-state index in [1.165, 1.54) is 65.6 Å². The molecule has 24 heavy (non-hydrogen) atoms. The Hall–Kier alpha value is -1.06. The maximum Gasteiger partial charge on any atom is 0.308 e. The first-order valence-corrected chi connectivity index (χ1v) is 9.79. The molecule has 0 spiro atoms. The van der Waals surface area contributed by atoms with Crippen LogP contribution < -0.4 is 0 Å². The summed E-state index contributed by atoms with van der Waals surface area (Å²) in [6.45, 7) is 0. The summed E-state index contributed by atoms with van der Waals surface area (Å²) in [6, 6.07) is 0. The molecule has 0 heterocycles. The zero-order valence-corrected chi connectivity index (χ0v) is 15.4. The first-order chi connectivity index (χ1) is 11.6. The van der Waals surface area contributed by atoms with Gasteiger partial charge < -0.3 is 9.47 Å². The van der Waals surface area contributed by atoms with Crippen molar-refractivity contribution in [1.29, 1.82) is 0 Å². The van der Waals surface area contributed by atoms with Crippen LogP contribution in [0.25, 0.3) is 0 Å². The SMILES string of the molecule is COC(=O)C1CCC(CCCCC2CCC(C(=O)OC)CC2)CC1. The molecule has 0 aliphatic heterocycles. The van der Waals surface area contributed by atoms with E-state index in [0.29, 0.717) is 0 Å². The Morgan fingerprint density at radius 1 is 0.667 bits per heavy atom. The molecule has 0 atom stereocenters. The number of rotatable bonds is 7. The van der Waals surface area contributed by atoms with E-state index in [-0.39, 0.29) is 23.8 Å². The summed E-state index contributed by atoms with van der Waals surface area (Å²) in [5.74, 6) is 1.88. The molecule has 2 saturated carbocycles. The van der Waals surface area contributed by atoms with Gasteiger partial charge >= 0.3 is 11.9 Å². The predicted molar refractivity (Wildman–Crippen MR) is 93.4 cm³/mol. The summed E-state index contributed by atoms with van der Waals surface area (Å²) in [4.78, 5) is 23.1. The van der Waals surface area contributed by atoms with Crippen LogP contribution in [0.3, 0.4) is 0 Å². The van der Waals surface area contributed by atoms with Crippen molar-refractivity contribution in [3.05, 3.63) is 0 Å². The van der Waals surface area contributed by atoms with Crippen LogP contribution in [0.2, 0.25) is 0 Å². The summed E-state index contributed by atoms with van der Waals surface area (Å²) in [6.07, 6.45) is 14.0. The Bertz CT molecular complexity index is 352. The topological polar surface area (TPSA) is 52.6 Å². The fourth-order valence-corrected chi connectivity index (χ4v) is 4.57. The lowest BCUT2D eigenvalue weighted by Crippen LogP contribution is -2.23. The van der Waals surface area contributed by atoms with Crippen LogP contribution >= 0.6 is 0 Å². The number of hydrogen-bond acceptors (Lipinski definition) is 4. The lowest BCUT2D eigenvalue weighted by Gasteiger charge is -2.28. The third-order valence-electron chi connectivity index (χ3n) is 6.24. The average molecular weight is 338 g/mol. The average Bonchev–Trinajstić information content (AvgIpc) is 2.65. The minimum Gasteiger partial charge on any atom is -0.469 e. The van der Waals surface area contributed by atoms with Crippen LogP contribution in [-0.2, 0) is 19.1 Å². The Balaban J connectivity index is 1.52. The van der Waals surface area contributed by atoms with Gasteiger partial charge in [-0.1, -0.05) is 25.7 Å². The molecule has 0 saturated heterocycles. The Labute approximate surface area is 146 Å². The summed E-state index contributed by atoms with van der Waals surface area (Å²) >= 11 is 0. The number of carbonyl (C=O) groups is 2. The van der Waals surface area contributed by atoms with E-state index in [4.69, 9.17) is 9.47 Å². The minimum atomic E-state index is -0.0176. The number of carbonyl (C=O) groups excluding carboxylic acids is 2. The highest BCUT2D eigenvalue weighted by atomic mass is 16.5. The van der Waals surface area contributed by atoms with Gasteiger partial charge in [-0.2, -0.15) is 0 Å². The molecule has 2 aliphatic carbocycles. The van der Waals surface area contributed by atoms with Crippen molar-refractivity contribution in [3.63, 3.8) is 0 Å². The third-order valence-corrected chi connectivity index (χ3v) is 6.24. The molecular formula is C20H34O4. The highest BCUT2D eigenvalue weighted by Gasteiger charge is 2.28. The maximum atomic E-state index is 11.5. The Morgan fingerprint density at radius 3 is 1.29 bits per heavy atom. The van der Waals surface area contributed by atoms with Gasteiger partial charge in [0.25, 0.3) is 0 Å². The normalized spacial score (nSPS) is 30.6. The van der Waals surface area contributed by atoms with Gasteiger partial charge in [0.15, 0.2) is 0 Å². The molecule has 4 nitrogen and oxygen atoms in total. The van der Waals surface area contributed by atoms with Crippen LogP contribution in [0.1, 0.15) is 77.0 Å². The summed E-state index contributed by atoms with van der Waals surface area (Å²) in [7, 11) is 2.99. The maximum absolute atomic E-state index is 11.5. The van der Waals surface area contributed by atoms with Gasteiger partial charge in [0.2, 0.25) is 0 Å². The van der Waals surface area contributed by atoms with Gasteiger partial charge in [-0.3, -0.25) is 9.59 Å². The predicted octanol–water partition coefficient (Wildman–Crippen LogP) is 4.51. The number of unbranched alkanes of at least 4 members (excludes halogenated alkanes) is 1. The molecular weight excluding hydrogens is 304 g/mol. The Kier molecular flexibility index (Phi) is 8.07. The van der Waals surface area contributed by atoms with Crippen LogP contribution in [-0.4, -0.2) is 26.2 Å². The molecule has 0 aromatic rings. The molecule has 0 aromatic heterocycles. The number of methoxy groups -OCH3 is 2. The molecule has 0 N–H and O–H groups in total. The van der Waals surface area contributed by atoms with Crippen molar-refractivity contribution >= 4 is 11.9 Å². The molecule has 0 bridgehead atoms. The first kappa shape index (κ1) is 19.3. The first-order valence-electron chi connectivity index (χ1n) is 9.79. The molecule has 0 aromatic carbocycles. The van der Waals surface area contributed by atoms with E-state index < -0.39 is 0 Å². The van der Waals surface area contributed by atoms with E-state index in [1.807, 2.05) is 0 Å². The molecule has 0 unspecified atom stereocenters. The highest BCUT2D eigenvalue weighted by molar-refractivity contribution is 5.72. The molecule has 0 amide bonds. The van der Waals surface area contributed by atoms with Gasteiger partial charge in [-0.25, -0.2) is 0 Å². The fraction of sp³-hybridized carbons (Fsp3) is 0.900. The summed E-state index contributed by atoms with van der Waals surface area (Å²) in [5, 5.41) is 0. The van der Waals surface area contributed by atoms with Gasteiger partial charge in [0.1, 0.15) is 0 Å². The lowest BCUT2D eigenvalue weighted by atomic mass is 9.78. The molecule has 2 fully saturated rings. The second-order valence-corrected chi connectivity index (χ2v) is 7.77. The van der Waals surface area contributed by atoms with Gasteiger partial charge in [0.05, 0.1) is 26.1 Å². The van der Waals surface area contributed by atoms with Crippen LogP contribution in [0.5, 0.6) is 0 Å². The standard InChI is InChI=1S/C20H34O4/c1-23-19(21)17-11-7-15(8-12-17)5-3-4-6-16-9-13-18(14-10-16)20(22)24-2/h15-18H,3-14H2,1-2H3. The fourth-order valence-electron chi connectivity index (χ4n) is 4.57. The molecule has 2 aliphatic rings. The zero-order valence-electron chi connectivity index (χ0n) is 15.4. The lowest BCUT2D eigenvalue weighted by molar-refractivity contribution is -0.147. The Morgan fingerprint density at radius 2 is 1.00 bits per heavy atom. The summed E-state index contributed by atoms with van der Waals surface area (Å²) < 4.78 is 9.70. The van der Waals surface area contributed by atoms with E-state index in [2.05, 4.69) is 0 Å². The zero-order chi connectivity index (χ0) is 17.4. The van der Waals surface area contributed by atoms with Gasteiger partial charge in [-0.05, 0) is 63.2 Å². The second-order valence-electron chi connectivity index (χ2n) is 7.77. The van der Waals surface area contributed by atoms with Gasteiger partial charge in [-0.15, -0.1) is 0 Å². The van der Waals surface area contributed by atoms with E-state index >= 15 is 0 Å². The number of ether oxygens (including phenoxy) is 2. The summed E-state index contributed by atoms with van der Waals surface area (Å²) in [5.41, 5.74) is 0. The van der Waals surface area contributed by atoms with Crippen LogP contribution in [0.4, 0.5) is 0 Å².